The highest BCUT2D eigenvalue weighted by atomic mass is 16.5. The maximum Gasteiger partial charge on any atom is 0.252 e. The van der Waals surface area contributed by atoms with Crippen LogP contribution in [-0.4, -0.2) is 20.1 Å². The molecule has 0 spiro atoms. The summed E-state index contributed by atoms with van der Waals surface area (Å²) < 4.78 is 16.2. The van der Waals surface area contributed by atoms with Gasteiger partial charge in [0.25, 0.3) is 5.91 Å². The first kappa shape index (κ1) is 15.9. The first-order valence-corrected chi connectivity index (χ1v) is 7.63. The molecule has 0 bridgehead atoms. The molecule has 5 heteroatoms. The lowest BCUT2D eigenvalue weighted by Crippen LogP contribution is -2.26. The number of fused-ring (bicyclic) bond motifs is 1. The Morgan fingerprint density at radius 3 is 2.50 bits per heavy atom. The summed E-state index contributed by atoms with van der Waals surface area (Å²) in [6.45, 7) is 1.89. The van der Waals surface area contributed by atoms with E-state index in [0.29, 0.717) is 22.8 Å². The summed E-state index contributed by atoms with van der Waals surface area (Å²) in [6, 6.07) is 14.5. The fourth-order valence-corrected chi connectivity index (χ4v) is 2.54. The zero-order valence-corrected chi connectivity index (χ0v) is 13.8. The maximum absolute atomic E-state index is 12.5. The van der Waals surface area contributed by atoms with Crippen LogP contribution in [0.3, 0.4) is 0 Å². The van der Waals surface area contributed by atoms with Crippen molar-refractivity contribution in [2.24, 2.45) is 0 Å². The summed E-state index contributed by atoms with van der Waals surface area (Å²) in [5, 5.41) is 3.95. The number of carbonyl (C=O) groups excluding carboxylic acids is 1. The van der Waals surface area contributed by atoms with Gasteiger partial charge in [0, 0.05) is 10.9 Å². The topological polar surface area (TPSA) is 60.7 Å². The summed E-state index contributed by atoms with van der Waals surface area (Å²) in [5.41, 5.74) is 1.30. The molecule has 5 nitrogen and oxygen atoms in total. The molecule has 24 heavy (non-hydrogen) atoms. The number of benzene rings is 2. The van der Waals surface area contributed by atoms with Gasteiger partial charge >= 0.3 is 0 Å². The van der Waals surface area contributed by atoms with Gasteiger partial charge in [-0.05, 0) is 37.3 Å². The van der Waals surface area contributed by atoms with E-state index in [1.165, 1.54) is 7.11 Å². The van der Waals surface area contributed by atoms with E-state index in [4.69, 9.17) is 13.9 Å². The van der Waals surface area contributed by atoms with Crippen molar-refractivity contribution in [3.63, 3.8) is 0 Å². The molecule has 0 saturated heterocycles. The monoisotopic (exact) mass is 325 g/mol. The Labute approximate surface area is 140 Å². The molecule has 1 heterocycles. The van der Waals surface area contributed by atoms with E-state index in [2.05, 4.69) is 5.32 Å². The number of furan rings is 1. The highest BCUT2D eigenvalue weighted by Gasteiger charge is 2.16. The average Bonchev–Trinajstić information content (AvgIpc) is 3.05. The summed E-state index contributed by atoms with van der Waals surface area (Å²) in [7, 11) is 3.10. The molecular formula is C19H19NO4. The Bertz CT molecular complexity index is 836. The van der Waals surface area contributed by atoms with E-state index in [9.17, 15) is 4.79 Å². The van der Waals surface area contributed by atoms with Crippen LogP contribution >= 0.6 is 0 Å². The Morgan fingerprint density at radius 1 is 1.04 bits per heavy atom. The van der Waals surface area contributed by atoms with Crippen molar-refractivity contribution in [1.82, 2.24) is 5.32 Å². The minimum Gasteiger partial charge on any atom is -0.493 e. The lowest BCUT2D eigenvalue weighted by atomic mass is 10.1. The number of rotatable bonds is 5. The van der Waals surface area contributed by atoms with Gasteiger partial charge in [0.2, 0.25) is 0 Å². The molecule has 3 aromatic rings. The molecule has 2 aromatic carbocycles. The van der Waals surface area contributed by atoms with Crippen LogP contribution in [0.15, 0.2) is 52.9 Å². The smallest absolute Gasteiger partial charge is 0.252 e. The molecule has 1 N–H and O–H groups in total. The molecule has 0 fully saturated rings. The van der Waals surface area contributed by atoms with Gasteiger partial charge in [0.15, 0.2) is 11.5 Å². The number of methoxy groups -OCH3 is 2. The molecule has 0 radical (unpaired) electrons. The van der Waals surface area contributed by atoms with Crippen molar-refractivity contribution in [3.8, 4) is 11.5 Å². The number of ether oxygens (including phenoxy) is 2. The fourth-order valence-electron chi connectivity index (χ4n) is 2.54. The quantitative estimate of drug-likeness (QED) is 0.772. The third-order valence-electron chi connectivity index (χ3n) is 3.86. The molecule has 0 aliphatic heterocycles. The minimum absolute atomic E-state index is 0.205. The van der Waals surface area contributed by atoms with Crippen LogP contribution in [0.4, 0.5) is 0 Å². The average molecular weight is 325 g/mol. The second-order valence-electron chi connectivity index (χ2n) is 5.45. The Hall–Kier alpha value is -2.95. The van der Waals surface area contributed by atoms with Gasteiger partial charge in [-0.15, -0.1) is 0 Å². The Morgan fingerprint density at radius 2 is 1.79 bits per heavy atom. The summed E-state index contributed by atoms with van der Waals surface area (Å²) in [5.74, 6) is 1.61. The molecule has 1 atom stereocenters. The van der Waals surface area contributed by atoms with E-state index in [0.717, 1.165) is 11.0 Å². The van der Waals surface area contributed by atoms with Crippen molar-refractivity contribution in [3.05, 3.63) is 59.9 Å². The van der Waals surface area contributed by atoms with Gasteiger partial charge in [-0.25, -0.2) is 0 Å². The van der Waals surface area contributed by atoms with E-state index in [-0.39, 0.29) is 11.9 Å². The Kier molecular flexibility index (Phi) is 4.42. The van der Waals surface area contributed by atoms with E-state index in [1.54, 1.807) is 25.3 Å². The van der Waals surface area contributed by atoms with Crippen LogP contribution in [0.2, 0.25) is 0 Å². The molecular weight excluding hydrogens is 306 g/mol. The lowest BCUT2D eigenvalue weighted by molar-refractivity contribution is 0.0935. The van der Waals surface area contributed by atoms with Gasteiger partial charge in [-0.3, -0.25) is 4.79 Å². The van der Waals surface area contributed by atoms with Gasteiger partial charge in [0.05, 0.1) is 20.3 Å². The standard InChI is InChI=1S/C19H19NO4/c1-12(17-10-13-6-4-5-7-15(13)24-17)20-19(21)14-8-9-16(22-2)18(11-14)23-3/h4-12H,1-3H3,(H,20,21)/t12-/m0/s1. The normalized spacial score (nSPS) is 12.0. The van der Waals surface area contributed by atoms with Gasteiger partial charge in [-0.1, -0.05) is 18.2 Å². The van der Waals surface area contributed by atoms with E-state index in [1.807, 2.05) is 37.3 Å². The summed E-state index contributed by atoms with van der Waals surface area (Å²) >= 11 is 0. The number of amides is 1. The van der Waals surface area contributed by atoms with Crippen molar-refractivity contribution in [1.29, 1.82) is 0 Å². The Balaban J connectivity index is 1.78. The van der Waals surface area contributed by atoms with Gasteiger partial charge < -0.3 is 19.2 Å². The molecule has 124 valence electrons. The molecule has 1 amide bonds. The van der Waals surface area contributed by atoms with Gasteiger partial charge in [0.1, 0.15) is 11.3 Å². The number of para-hydroxylation sites is 1. The van der Waals surface area contributed by atoms with E-state index < -0.39 is 0 Å². The number of hydrogen-bond acceptors (Lipinski definition) is 4. The largest absolute Gasteiger partial charge is 0.493 e. The molecule has 0 unspecified atom stereocenters. The van der Waals surface area contributed by atoms with Crippen LogP contribution in [0, 0.1) is 0 Å². The number of nitrogens with one attached hydrogen (secondary N) is 1. The third-order valence-corrected chi connectivity index (χ3v) is 3.86. The van der Waals surface area contributed by atoms with Crippen molar-refractivity contribution in [2.45, 2.75) is 13.0 Å². The predicted octanol–water partition coefficient (Wildman–Crippen LogP) is 3.94. The zero-order chi connectivity index (χ0) is 17.1. The predicted molar refractivity (Wildman–Crippen MR) is 91.6 cm³/mol. The van der Waals surface area contributed by atoms with Crippen molar-refractivity contribution in [2.75, 3.05) is 14.2 Å². The van der Waals surface area contributed by atoms with Crippen LogP contribution in [0.1, 0.15) is 29.1 Å². The van der Waals surface area contributed by atoms with Crippen molar-refractivity contribution < 1.29 is 18.7 Å². The second kappa shape index (κ2) is 6.66. The maximum atomic E-state index is 12.5. The molecule has 0 saturated carbocycles. The first-order chi connectivity index (χ1) is 11.6. The number of carbonyl (C=O) groups is 1. The molecule has 3 rings (SSSR count). The third kappa shape index (κ3) is 3.06. The molecule has 0 aliphatic rings. The SMILES string of the molecule is COc1ccc(C(=O)N[C@@H](C)c2cc3ccccc3o2)cc1OC. The lowest BCUT2D eigenvalue weighted by Gasteiger charge is -2.13. The summed E-state index contributed by atoms with van der Waals surface area (Å²) in [4.78, 5) is 12.5. The second-order valence-corrected chi connectivity index (χ2v) is 5.45. The van der Waals surface area contributed by atoms with Crippen LogP contribution in [0.5, 0.6) is 11.5 Å². The van der Waals surface area contributed by atoms with Crippen LogP contribution in [0.25, 0.3) is 11.0 Å². The molecule has 1 aromatic heterocycles. The fraction of sp³-hybridized carbons (Fsp3) is 0.211. The van der Waals surface area contributed by atoms with Gasteiger partial charge in [-0.2, -0.15) is 0 Å². The zero-order valence-electron chi connectivity index (χ0n) is 13.8. The highest BCUT2D eigenvalue weighted by molar-refractivity contribution is 5.95. The minimum atomic E-state index is -0.252. The highest BCUT2D eigenvalue weighted by Crippen LogP contribution is 2.28. The van der Waals surface area contributed by atoms with E-state index >= 15 is 0 Å². The molecule has 0 aliphatic carbocycles. The van der Waals surface area contributed by atoms with Crippen LogP contribution < -0.4 is 14.8 Å². The first-order valence-electron chi connectivity index (χ1n) is 7.63. The van der Waals surface area contributed by atoms with Crippen molar-refractivity contribution >= 4 is 16.9 Å². The summed E-state index contributed by atoms with van der Waals surface area (Å²) in [6.07, 6.45) is 0. The van der Waals surface area contributed by atoms with Crippen LogP contribution in [-0.2, 0) is 0 Å². The number of hydrogen-bond donors (Lipinski definition) is 1.